The van der Waals surface area contributed by atoms with Gasteiger partial charge in [-0.25, -0.2) is 0 Å². The number of fused-ring (bicyclic) bond motifs is 1. The molecule has 1 aromatic carbocycles. The molecule has 1 heterocycles. The fourth-order valence-corrected chi connectivity index (χ4v) is 3.68. The van der Waals surface area contributed by atoms with Crippen molar-refractivity contribution in [1.29, 1.82) is 0 Å². The first kappa shape index (κ1) is 14.6. The monoisotopic (exact) mass is 304 g/mol. The van der Waals surface area contributed by atoms with Crippen LogP contribution in [-0.4, -0.2) is 16.2 Å². The fraction of sp³-hybridized carbons (Fsp3) is 0.588. The third kappa shape index (κ3) is 3.00. The van der Waals surface area contributed by atoms with Gasteiger partial charge < -0.3 is 14.3 Å². The van der Waals surface area contributed by atoms with Gasteiger partial charge in [-0.3, -0.25) is 0 Å². The lowest BCUT2D eigenvalue weighted by atomic mass is 10.1. The van der Waals surface area contributed by atoms with Crippen molar-refractivity contribution in [3.8, 4) is 5.75 Å². The van der Waals surface area contributed by atoms with Crippen molar-refractivity contribution in [3.63, 3.8) is 0 Å². The molecule has 1 aliphatic carbocycles. The van der Waals surface area contributed by atoms with Gasteiger partial charge in [-0.2, -0.15) is 0 Å². The second-order valence-electron chi connectivity index (χ2n) is 5.94. The molecule has 114 valence electrons. The molecule has 0 atom stereocenters. The second kappa shape index (κ2) is 6.65. The normalized spacial score (nSPS) is 17.0. The first-order valence-corrected chi connectivity index (χ1v) is 8.58. The van der Waals surface area contributed by atoms with E-state index in [1.54, 1.807) is 0 Å². The second-order valence-corrected chi connectivity index (χ2v) is 6.33. The Morgan fingerprint density at radius 3 is 2.71 bits per heavy atom. The molecule has 3 rings (SSSR count). The van der Waals surface area contributed by atoms with Crippen LogP contribution in [0, 0.1) is 4.77 Å². The van der Waals surface area contributed by atoms with Crippen molar-refractivity contribution in [3.05, 3.63) is 23.0 Å². The molecule has 1 N–H and O–H groups in total. The lowest BCUT2D eigenvalue weighted by molar-refractivity contribution is 0.320. The average molecular weight is 304 g/mol. The lowest BCUT2D eigenvalue weighted by Crippen LogP contribution is -2.08. The van der Waals surface area contributed by atoms with Gasteiger partial charge in [0.25, 0.3) is 0 Å². The van der Waals surface area contributed by atoms with Crippen LogP contribution in [0.4, 0.5) is 0 Å². The van der Waals surface area contributed by atoms with Gasteiger partial charge >= 0.3 is 0 Å². The maximum atomic E-state index is 5.86. The molecule has 0 unspecified atom stereocenters. The summed E-state index contributed by atoms with van der Waals surface area (Å²) in [4.78, 5) is 3.38. The van der Waals surface area contributed by atoms with Gasteiger partial charge in [-0.1, -0.05) is 38.7 Å². The summed E-state index contributed by atoms with van der Waals surface area (Å²) in [5, 5.41) is 0. The first-order valence-electron chi connectivity index (χ1n) is 8.17. The number of aromatic nitrogens is 2. The highest BCUT2D eigenvalue weighted by Gasteiger charge is 2.18. The van der Waals surface area contributed by atoms with Crippen LogP contribution in [0.1, 0.15) is 57.9 Å². The summed E-state index contributed by atoms with van der Waals surface area (Å²) in [7, 11) is 0. The minimum Gasteiger partial charge on any atom is -0.491 e. The van der Waals surface area contributed by atoms with Crippen molar-refractivity contribution in [2.24, 2.45) is 0 Å². The Morgan fingerprint density at radius 2 is 2.00 bits per heavy atom. The highest BCUT2D eigenvalue weighted by Crippen LogP contribution is 2.33. The maximum Gasteiger partial charge on any atom is 0.178 e. The zero-order valence-electron chi connectivity index (χ0n) is 12.7. The highest BCUT2D eigenvalue weighted by molar-refractivity contribution is 7.71. The number of nitrogens with zero attached hydrogens (tertiary/aromatic N) is 1. The van der Waals surface area contributed by atoms with Crippen LogP contribution in [0.15, 0.2) is 18.2 Å². The van der Waals surface area contributed by atoms with Crippen LogP contribution in [0.5, 0.6) is 5.75 Å². The summed E-state index contributed by atoms with van der Waals surface area (Å²) >= 11 is 5.60. The van der Waals surface area contributed by atoms with E-state index in [1.165, 1.54) is 44.0 Å². The molecular weight excluding hydrogens is 280 g/mol. The number of hydrogen-bond donors (Lipinski definition) is 1. The third-order valence-corrected chi connectivity index (χ3v) is 4.66. The summed E-state index contributed by atoms with van der Waals surface area (Å²) in [6, 6.07) is 6.80. The molecule has 0 saturated heterocycles. The summed E-state index contributed by atoms with van der Waals surface area (Å²) < 4.78 is 9.02. The summed E-state index contributed by atoms with van der Waals surface area (Å²) in [5.74, 6) is 0.924. The Hall–Kier alpha value is -1.29. The zero-order valence-corrected chi connectivity index (χ0v) is 13.5. The van der Waals surface area contributed by atoms with Gasteiger partial charge in [0.2, 0.25) is 0 Å². The number of nitrogens with one attached hydrogen (secondary N) is 1. The van der Waals surface area contributed by atoms with E-state index in [9.17, 15) is 0 Å². The number of rotatable bonds is 4. The minimum atomic E-state index is 0.537. The van der Waals surface area contributed by atoms with Gasteiger partial charge in [-0.15, -0.1) is 0 Å². The molecule has 4 heteroatoms. The van der Waals surface area contributed by atoms with Crippen LogP contribution in [0.2, 0.25) is 0 Å². The molecule has 0 radical (unpaired) electrons. The molecule has 0 bridgehead atoms. The Kier molecular flexibility index (Phi) is 4.63. The van der Waals surface area contributed by atoms with Crippen molar-refractivity contribution in [1.82, 2.24) is 9.55 Å². The SMILES string of the molecule is CCCOc1cccc2c1[nH]c(=S)n2C1CCCCCC1. The molecule has 1 aliphatic rings. The number of para-hydroxylation sites is 1. The number of hydrogen-bond acceptors (Lipinski definition) is 2. The molecule has 21 heavy (non-hydrogen) atoms. The maximum absolute atomic E-state index is 5.86. The van der Waals surface area contributed by atoms with E-state index in [0.29, 0.717) is 6.04 Å². The molecule has 3 nitrogen and oxygen atoms in total. The number of ether oxygens (including phenoxy) is 1. The predicted octanol–water partition coefficient (Wildman–Crippen LogP) is 5.38. The molecular formula is C17H24N2OS. The Balaban J connectivity index is 2.02. The van der Waals surface area contributed by atoms with Crippen LogP contribution in [-0.2, 0) is 0 Å². The molecule has 2 aromatic rings. The topological polar surface area (TPSA) is 29.9 Å². The van der Waals surface area contributed by atoms with Crippen LogP contribution >= 0.6 is 12.2 Å². The number of H-pyrrole nitrogens is 1. The van der Waals surface area contributed by atoms with E-state index in [-0.39, 0.29) is 0 Å². The van der Waals surface area contributed by atoms with E-state index < -0.39 is 0 Å². The van der Waals surface area contributed by atoms with E-state index in [4.69, 9.17) is 17.0 Å². The average Bonchev–Trinajstić information content (AvgIpc) is 2.67. The van der Waals surface area contributed by atoms with E-state index in [0.717, 1.165) is 29.1 Å². The number of benzene rings is 1. The van der Waals surface area contributed by atoms with E-state index in [2.05, 4.69) is 28.6 Å². The van der Waals surface area contributed by atoms with Gasteiger partial charge in [0.15, 0.2) is 4.77 Å². The first-order chi connectivity index (χ1) is 10.3. The van der Waals surface area contributed by atoms with E-state index in [1.807, 2.05) is 6.07 Å². The summed E-state index contributed by atoms with van der Waals surface area (Å²) in [6.07, 6.45) is 8.83. The van der Waals surface area contributed by atoms with Crippen molar-refractivity contribution in [2.45, 2.75) is 57.9 Å². The smallest absolute Gasteiger partial charge is 0.178 e. The van der Waals surface area contributed by atoms with Crippen molar-refractivity contribution < 1.29 is 4.74 Å². The Labute approximate surface area is 131 Å². The Bertz CT molecular complexity index is 650. The standard InChI is InChI=1S/C17H24N2OS/c1-2-12-20-15-11-7-10-14-16(15)18-17(21)19(14)13-8-5-3-4-6-9-13/h7,10-11,13H,2-6,8-9,12H2,1H3,(H,18,21). The van der Waals surface area contributed by atoms with Crippen molar-refractivity contribution in [2.75, 3.05) is 6.61 Å². The molecule has 0 amide bonds. The lowest BCUT2D eigenvalue weighted by Gasteiger charge is -2.17. The molecule has 1 aromatic heterocycles. The van der Waals surface area contributed by atoms with Crippen LogP contribution in [0.25, 0.3) is 11.0 Å². The van der Waals surface area contributed by atoms with E-state index >= 15 is 0 Å². The quantitative estimate of drug-likeness (QED) is 0.607. The van der Waals surface area contributed by atoms with Gasteiger partial charge in [-0.05, 0) is 43.6 Å². The zero-order chi connectivity index (χ0) is 14.7. The van der Waals surface area contributed by atoms with Crippen LogP contribution in [0.3, 0.4) is 0 Å². The predicted molar refractivity (Wildman–Crippen MR) is 89.6 cm³/mol. The number of imidazole rings is 1. The Morgan fingerprint density at radius 1 is 1.24 bits per heavy atom. The largest absolute Gasteiger partial charge is 0.491 e. The molecule has 1 saturated carbocycles. The van der Waals surface area contributed by atoms with Crippen molar-refractivity contribution >= 4 is 23.3 Å². The van der Waals surface area contributed by atoms with Gasteiger partial charge in [0.05, 0.1) is 12.1 Å². The fourth-order valence-electron chi connectivity index (χ4n) is 3.33. The minimum absolute atomic E-state index is 0.537. The molecule has 0 aliphatic heterocycles. The third-order valence-electron chi connectivity index (χ3n) is 4.37. The summed E-state index contributed by atoms with van der Waals surface area (Å²) in [6.45, 7) is 2.87. The number of aromatic amines is 1. The van der Waals surface area contributed by atoms with Gasteiger partial charge in [0, 0.05) is 6.04 Å². The highest BCUT2D eigenvalue weighted by atomic mass is 32.1. The van der Waals surface area contributed by atoms with Crippen LogP contribution < -0.4 is 4.74 Å². The molecule has 1 fully saturated rings. The summed E-state index contributed by atoms with van der Waals surface area (Å²) in [5.41, 5.74) is 2.25. The molecule has 0 spiro atoms. The van der Waals surface area contributed by atoms with Gasteiger partial charge in [0.1, 0.15) is 11.3 Å².